The molecule has 0 fully saturated rings. The number of carbonyl (C=O) groups is 2. The van der Waals surface area contributed by atoms with Gasteiger partial charge < -0.3 is 16.0 Å². The van der Waals surface area contributed by atoms with E-state index in [4.69, 9.17) is 11.6 Å². The third kappa shape index (κ3) is 7.11. The highest BCUT2D eigenvalue weighted by Gasteiger charge is 2.06. The first-order valence-corrected chi connectivity index (χ1v) is 6.88. The maximum atomic E-state index is 11.6. The number of amides is 2. The minimum Gasteiger partial charge on any atom is -0.346 e. The van der Waals surface area contributed by atoms with E-state index in [0.717, 1.165) is 6.54 Å². The van der Waals surface area contributed by atoms with E-state index in [0.29, 0.717) is 16.6 Å². The summed E-state index contributed by atoms with van der Waals surface area (Å²) in [6, 6.07) is 6.84. The Balaban J connectivity index is 2.24. The first-order valence-electron chi connectivity index (χ1n) is 6.50. The van der Waals surface area contributed by atoms with E-state index in [9.17, 15) is 9.59 Å². The van der Waals surface area contributed by atoms with Crippen LogP contribution >= 0.6 is 11.6 Å². The summed E-state index contributed by atoms with van der Waals surface area (Å²) >= 11 is 5.81. The first kappa shape index (κ1) is 16.5. The van der Waals surface area contributed by atoms with Gasteiger partial charge in [0.25, 0.3) is 0 Å². The van der Waals surface area contributed by atoms with Crippen molar-refractivity contribution < 1.29 is 9.59 Å². The fourth-order valence-electron chi connectivity index (χ4n) is 1.49. The van der Waals surface area contributed by atoms with Gasteiger partial charge in [0, 0.05) is 10.7 Å². The molecule has 0 spiro atoms. The second-order valence-corrected chi connectivity index (χ2v) is 5.30. The molecule has 110 valence electrons. The van der Waals surface area contributed by atoms with Crippen LogP contribution in [-0.4, -0.2) is 31.4 Å². The molecule has 0 bridgehead atoms. The van der Waals surface area contributed by atoms with Gasteiger partial charge in [0.15, 0.2) is 0 Å². The van der Waals surface area contributed by atoms with Gasteiger partial charge in [0.05, 0.1) is 13.1 Å². The first-order chi connectivity index (χ1) is 9.47. The topological polar surface area (TPSA) is 70.2 Å². The van der Waals surface area contributed by atoms with E-state index >= 15 is 0 Å². The van der Waals surface area contributed by atoms with Crippen LogP contribution in [0.15, 0.2) is 24.3 Å². The summed E-state index contributed by atoms with van der Waals surface area (Å²) in [6.45, 7) is 5.03. The predicted molar refractivity (Wildman–Crippen MR) is 80.8 cm³/mol. The molecule has 2 amide bonds. The minimum atomic E-state index is -0.288. The molecule has 0 saturated heterocycles. The van der Waals surface area contributed by atoms with Crippen LogP contribution < -0.4 is 16.0 Å². The Kier molecular flexibility index (Phi) is 7.04. The van der Waals surface area contributed by atoms with Crippen LogP contribution in [0.2, 0.25) is 5.02 Å². The lowest BCUT2D eigenvalue weighted by Crippen LogP contribution is -2.39. The van der Waals surface area contributed by atoms with Crippen LogP contribution in [0, 0.1) is 5.92 Å². The van der Waals surface area contributed by atoms with Gasteiger partial charge in [-0.15, -0.1) is 0 Å². The van der Waals surface area contributed by atoms with Crippen molar-refractivity contribution in [2.75, 3.05) is 25.0 Å². The maximum Gasteiger partial charge on any atom is 0.243 e. The van der Waals surface area contributed by atoms with Crippen molar-refractivity contribution in [2.45, 2.75) is 13.8 Å². The SMILES string of the molecule is CC(C)CNCC(=O)NCC(=O)Nc1cccc(Cl)c1. The largest absolute Gasteiger partial charge is 0.346 e. The van der Waals surface area contributed by atoms with Crippen molar-refractivity contribution in [3.05, 3.63) is 29.3 Å². The Morgan fingerprint density at radius 1 is 1.20 bits per heavy atom. The number of carbonyl (C=O) groups excluding carboxylic acids is 2. The highest BCUT2D eigenvalue weighted by Crippen LogP contribution is 2.14. The molecular formula is C14H20ClN3O2. The summed E-state index contributed by atoms with van der Waals surface area (Å²) < 4.78 is 0. The zero-order chi connectivity index (χ0) is 15.0. The molecule has 0 aromatic heterocycles. The monoisotopic (exact) mass is 297 g/mol. The molecule has 0 unspecified atom stereocenters. The van der Waals surface area contributed by atoms with Gasteiger partial charge in [-0.05, 0) is 30.7 Å². The fraction of sp³-hybridized carbons (Fsp3) is 0.429. The Hall–Kier alpha value is -1.59. The van der Waals surface area contributed by atoms with Crippen molar-refractivity contribution >= 4 is 29.1 Å². The maximum absolute atomic E-state index is 11.6. The molecule has 0 radical (unpaired) electrons. The fourth-order valence-corrected chi connectivity index (χ4v) is 1.68. The quantitative estimate of drug-likeness (QED) is 0.716. The van der Waals surface area contributed by atoms with Crippen LogP contribution in [0.4, 0.5) is 5.69 Å². The van der Waals surface area contributed by atoms with Crippen molar-refractivity contribution in [3.63, 3.8) is 0 Å². The number of anilines is 1. The number of hydrogen-bond donors (Lipinski definition) is 3. The predicted octanol–water partition coefficient (Wildman–Crippen LogP) is 1.64. The van der Waals surface area contributed by atoms with Crippen LogP contribution in [0.25, 0.3) is 0 Å². The molecular weight excluding hydrogens is 278 g/mol. The number of rotatable bonds is 7. The Morgan fingerprint density at radius 2 is 1.95 bits per heavy atom. The van der Waals surface area contributed by atoms with E-state index in [1.54, 1.807) is 24.3 Å². The lowest BCUT2D eigenvalue weighted by Gasteiger charge is -2.09. The second-order valence-electron chi connectivity index (χ2n) is 4.86. The zero-order valence-electron chi connectivity index (χ0n) is 11.7. The van der Waals surface area contributed by atoms with Gasteiger partial charge in [-0.3, -0.25) is 9.59 Å². The highest BCUT2D eigenvalue weighted by atomic mass is 35.5. The van der Waals surface area contributed by atoms with Crippen LogP contribution in [0.5, 0.6) is 0 Å². The second kappa shape index (κ2) is 8.55. The van der Waals surface area contributed by atoms with Crippen LogP contribution in [0.3, 0.4) is 0 Å². The van der Waals surface area contributed by atoms with Gasteiger partial charge in [-0.1, -0.05) is 31.5 Å². The van der Waals surface area contributed by atoms with E-state index in [2.05, 4.69) is 29.8 Å². The molecule has 0 aliphatic carbocycles. The summed E-state index contributed by atoms with van der Waals surface area (Å²) in [5.41, 5.74) is 0.606. The molecule has 3 N–H and O–H groups in total. The molecule has 20 heavy (non-hydrogen) atoms. The average molecular weight is 298 g/mol. The number of halogens is 1. The molecule has 0 atom stereocenters. The molecule has 0 aliphatic rings. The molecule has 5 nitrogen and oxygen atoms in total. The third-order valence-electron chi connectivity index (χ3n) is 2.39. The van der Waals surface area contributed by atoms with E-state index < -0.39 is 0 Å². The van der Waals surface area contributed by atoms with Gasteiger partial charge in [0.1, 0.15) is 0 Å². The molecule has 1 aromatic carbocycles. The van der Waals surface area contributed by atoms with Gasteiger partial charge in [0.2, 0.25) is 11.8 Å². The smallest absolute Gasteiger partial charge is 0.243 e. The van der Waals surface area contributed by atoms with Crippen LogP contribution in [0.1, 0.15) is 13.8 Å². The van der Waals surface area contributed by atoms with Crippen LogP contribution in [-0.2, 0) is 9.59 Å². The van der Waals surface area contributed by atoms with Gasteiger partial charge in [-0.2, -0.15) is 0 Å². The standard InChI is InChI=1S/C14H20ClN3O2/c1-10(2)7-16-8-13(19)17-9-14(20)18-12-5-3-4-11(15)6-12/h3-6,10,16H,7-9H2,1-2H3,(H,17,19)(H,18,20). The Bertz CT molecular complexity index is 463. The number of nitrogens with one attached hydrogen (secondary N) is 3. The molecule has 0 aliphatic heterocycles. The summed E-state index contributed by atoms with van der Waals surface area (Å²) in [4.78, 5) is 23.1. The Morgan fingerprint density at radius 3 is 2.60 bits per heavy atom. The van der Waals surface area contributed by atoms with Crippen molar-refractivity contribution in [2.24, 2.45) is 5.92 Å². The normalized spacial score (nSPS) is 10.4. The van der Waals surface area contributed by atoms with Gasteiger partial charge >= 0.3 is 0 Å². The zero-order valence-corrected chi connectivity index (χ0v) is 12.5. The Labute approximate surface area is 124 Å². The molecule has 1 aromatic rings. The summed E-state index contributed by atoms with van der Waals surface area (Å²) in [6.07, 6.45) is 0. The lowest BCUT2D eigenvalue weighted by atomic mass is 10.2. The summed E-state index contributed by atoms with van der Waals surface area (Å²) in [7, 11) is 0. The molecule has 6 heteroatoms. The third-order valence-corrected chi connectivity index (χ3v) is 2.63. The van der Waals surface area contributed by atoms with Crippen molar-refractivity contribution in [1.29, 1.82) is 0 Å². The number of benzene rings is 1. The lowest BCUT2D eigenvalue weighted by molar-refractivity contribution is -0.123. The van der Waals surface area contributed by atoms with E-state index in [-0.39, 0.29) is 24.9 Å². The van der Waals surface area contributed by atoms with E-state index in [1.807, 2.05) is 0 Å². The summed E-state index contributed by atoms with van der Waals surface area (Å²) in [5, 5.41) is 8.75. The van der Waals surface area contributed by atoms with Crippen molar-refractivity contribution in [1.82, 2.24) is 10.6 Å². The average Bonchev–Trinajstić information content (AvgIpc) is 2.36. The molecule has 0 heterocycles. The van der Waals surface area contributed by atoms with Crippen molar-refractivity contribution in [3.8, 4) is 0 Å². The highest BCUT2D eigenvalue weighted by molar-refractivity contribution is 6.30. The van der Waals surface area contributed by atoms with E-state index in [1.165, 1.54) is 0 Å². The molecule has 0 saturated carbocycles. The molecule has 1 rings (SSSR count). The summed E-state index contributed by atoms with van der Waals surface area (Å²) in [5.74, 6) is -0.00898. The minimum absolute atomic E-state index is 0.0608. The number of hydrogen-bond acceptors (Lipinski definition) is 3. The van der Waals surface area contributed by atoms with Gasteiger partial charge in [-0.25, -0.2) is 0 Å².